The van der Waals surface area contributed by atoms with Crippen LogP contribution in [0.1, 0.15) is 59.8 Å². The highest BCUT2D eigenvalue weighted by atomic mass is 35.5. The van der Waals surface area contributed by atoms with E-state index in [-0.39, 0.29) is 23.9 Å². The molecule has 41 heavy (non-hydrogen) atoms. The van der Waals surface area contributed by atoms with E-state index in [1.807, 2.05) is 33.1 Å². The maximum Gasteiger partial charge on any atom is 0.254 e. The topological polar surface area (TPSA) is 86.9 Å². The molecule has 1 aromatic heterocycles. The minimum absolute atomic E-state index is 0.117. The second kappa shape index (κ2) is 11.1. The zero-order valence-electron chi connectivity index (χ0n) is 24.6. The minimum atomic E-state index is -0.816. The molecule has 4 aliphatic rings. The number of ether oxygens (including phenoxy) is 2. The molecule has 8 nitrogen and oxygen atoms in total. The van der Waals surface area contributed by atoms with Crippen molar-refractivity contribution in [3.05, 3.63) is 49.9 Å². The summed E-state index contributed by atoms with van der Waals surface area (Å²) in [6.07, 6.45) is 6.28. The van der Waals surface area contributed by atoms with Gasteiger partial charge in [0, 0.05) is 78.9 Å². The highest BCUT2D eigenvalue weighted by Gasteiger charge is 2.49. The fraction of sp³-hybridized carbons (Fsp3) is 0.613. The van der Waals surface area contributed by atoms with Gasteiger partial charge >= 0.3 is 0 Å². The summed E-state index contributed by atoms with van der Waals surface area (Å²) in [7, 11) is 2.24. The van der Waals surface area contributed by atoms with Crippen LogP contribution in [-0.2, 0) is 6.54 Å². The number of thioether (sulfide) groups is 1. The summed E-state index contributed by atoms with van der Waals surface area (Å²) in [5.41, 5.74) is 2.24. The molecule has 0 spiro atoms. The Morgan fingerprint density at radius 3 is 2.41 bits per heavy atom. The fourth-order valence-corrected chi connectivity index (χ4v) is 8.51. The number of benzene rings is 1. The first-order chi connectivity index (χ1) is 19.6. The molecular formula is C31H41ClN4O4S. The largest absolute Gasteiger partial charge is 0.448 e. The average Bonchev–Trinajstić information content (AvgIpc) is 3.61. The number of hydrogen-bond acceptors (Lipinski definition) is 7. The van der Waals surface area contributed by atoms with Crippen LogP contribution in [-0.4, -0.2) is 72.0 Å². The third kappa shape index (κ3) is 5.39. The second-order valence-electron chi connectivity index (χ2n) is 12.6. The quantitative estimate of drug-likeness (QED) is 0.459. The van der Waals surface area contributed by atoms with Gasteiger partial charge in [0.1, 0.15) is 0 Å². The number of likely N-dealkylation sites (tertiary alicyclic amines) is 2. The Bertz CT molecular complexity index is 1390. The van der Waals surface area contributed by atoms with Crippen molar-refractivity contribution in [1.82, 2.24) is 20.1 Å². The summed E-state index contributed by atoms with van der Waals surface area (Å²) >= 11 is 8.16. The first-order valence-corrected chi connectivity index (χ1v) is 16.3. The lowest BCUT2D eigenvalue weighted by Gasteiger charge is -2.40. The molecule has 1 aromatic carbocycles. The lowest BCUT2D eigenvalue weighted by Crippen LogP contribution is -2.47. The summed E-state index contributed by atoms with van der Waals surface area (Å²) in [6.45, 7) is 10.8. The van der Waals surface area contributed by atoms with Gasteiger partial charge in [-0.3, -0.25) is 14.5 Å². The van der Waals surface area contributed by atoms with Crippen molar-refractivity contribution in [2.24, 2.45) is 17.8 Å². The van der Waals surface area contributed by atoms with Crippen molar-refractivity contribution in [3.8, 4) is 11.5 Å². The van der Waals surface area contributed by atoms with Gasteiger partial charge in [-0.1, -0.05) is 11.6 Å². The van der Waals surface area contributed by atoms with Crippen LogP contribution in [0.3, 0.4) is 0 Å². The number of carbonyl (C=O) groups is 1. The third-order valence-electron chi connectivity index (χ3n) is 9.82. The number of amides is 1. The van der Waals surface area contributed by atoms with E-state index in [1.54, 1.807) is 6.07 Å². The van der Waals surface area contributed by atoms with E-state index in [1.165, 1.54) is 37.9 Å². The second-order valence-corrected chi connectivity index (χ2v) is 13.9. The molecule has 6 rings (SSSR count). The van der Waals surface area contributed by atoms with Crippen molar-refractivity contribution in [1.29, 1.82) is 0 Å². The predicted molar refractivity (Wildman–Crippen MR) is 162 cm³/mol. The Hall–Kier alpha value is -2.20. The van der Waals surface area contributed by atoms with Gasteiger partial charge in [0.25, 0.3) is 17.3 Å². The zero-order chi connectivity index (χ0) is 29.1. The molecule has 3 atom stereocenters. The van der Waals surface area contributed by atoms with Crippen LogP contribution in [0, 0.1) is 31.6 Å². The van der Waals surface area contributed by atoms with Crippen molar-refractivity contribution in [3.63, 3.8) is 0 Å². The maximum atomic E-state index is 13.3. The van der Waals surface area contributed by atoms with Crippen LogP contribution < -0.4 is 20.3 Å². The number of aromatic nitrogens is 1. The first-order valence-electron chi connectivity index (χ1n) is 14.7. The Labute approximate surface area is 251 Å². The van der Waals surface area contributed by atoms with Crippen LogP contribution in [0.2, 0.25) is 5.02 Å². The monoisotopic (exact) mass is 600 g/mol. The van der Waals surface area contributed by atoms with Crippen molar-refractivity contribution in [2.45, 2.75) is 69.7 Å². The van der Waals surface area contributed by atoms with E-state index in [0.717, 1.165) is 48.1 Å². The molecule has 1 amide bonds. The molecule has 2 N–H and O–H groups in total. The molecule has 0 bridgehead atoms. The van der Waals surface area contributed by atoms with Crippen molar-refractivity contribution >= 4 is 29.3 Å². The Morgan fingerprint density at radius 1 is 1.10 bits per heavy atom. The molecule has 1 saturated carbocycles. The first kappa shape index (κ1) is 28.9. The maximum absolute atomic E-state index is 13.3. The third-order valence-corrected chi connectivity index (χ3v) is 10.9. The summed E-state index contributed by atoms with van der Waals surface area (Å²) < 4.78 is 13.0. The van der Waals surface area contributed by atoms with Gasteiger partial charge in [-0.2, -0.15) is 0 Å². The van der Waals surface area contributed by atoms with Crippen molar-refractivity contribution in [2.75, 3.05) is 39.5 Å². The van der Waals surface area contributed by atoms with E-state index in [0.29, 0.717) is 39.3 Å². The number of hydrogen-bond donors (Lipinski definition) is 2. The number of H-pyrrole nitrogens is 1. The van der Waals surface area contributed by atoms with Gasteiger partial charge in [0.2, 0.25) is 0 Å². The Kier molecular flexibility index (Phi) is 7.85. The summed E-state index contributed by atoms with van der Waals surface area (Å²) in [5, 5.41) is 3.27. The molecule has 3 fully saturated rings. The molecule has 2 unspecified atom stereocenters. The number of rotatable bonds is 6. The number of aromatic amines is 1. The number of fused-ring (bicyclic) bond motifs is 2. The SMILES string of the molecule is CSc1cc(C)[nH]c(=O)c1CNC(=O)c1cc(Cl)c2c(c1C)O[C@](C)(C1CCC(N3CC4CN(C)CC4C3)CC1)O2. The minimum Gasteiger partial charge on any atom is -0.448 e. The number of pyridine rings is 1. The molecule has 1 aliphatic carbocycles. The standard InChI is InChI=1S/C31H41ClN4O4S/c1-17-10-26(41-5)24(30(38)34-17)12-33-29(37)23-11-25(32)28-27(18(23)2)39-31(3,40-28)21-6-8-22(9-7-21)36-15-19-13-35(4)14-20(19)16-36/h10-11,19-22H,6-9,12-16H2,1-5H3,(H,33,37)(H,34,38)/t19?,20?,21?,22?,31-/m0/s1. The number of carbonyl (C=O) groups excluding carboxylic acids is 1. The van der Waals surface area contributed by atoms with Crippen LogP contribution in [0.4, 0.5) is 0 Å². The van der Waals surface area contributed by atoms with Crippen LogP contribution in [0.25, 0.3) is 0 Å². The summed E-state index contributed by atoms with van der Waals surface area (Å²) in [6, 6.07) is 4.20. The van der Waals surface area contributed by atoms with Crippen LogP contribution >= 0.6 is 23.4 Å². The zero-order valence-corrected chi connectivity index (χ0v) is 26.2. The normalized spacial score (nSPS) is 29.6. The molecule has 4 heterocycles. The van der Waals surface area contributed by atoms with Crippen LogP contribution in [0.15, 0.2) is 21.8 Å². The van der Waals surface area contributed by atoms with Crippen LogP contribution in [0.5, 0.6) is 11.5 Å². The average molecular weight is 601 g/mol. The molecule has 0 radical (unpaired) electrons. The van der Waals surface area contributed by atoms with E-state index in [2.05, 4.69) is 27.1 Å². The summed E-state index contributed by atoms with van der Waals surface area (Å²) in [4.78, 5) is 34.7. The van der Waals surface area contributed by atoms with Gasteiger partial charge in [-0.05, 0) is 76.8 Å². The van der Waals surface area contributed by atoms with Crippen molar-refractivity contribution < 1.29 is 14.3 Å². The molecule has 2 aromatic rings. The number of aryl methyl sites for hydroxylation is 1. The smallest absolute Gasteiger partial charge is 0.254 e. The Balaban J connectivity index is 1.11. The van der Waals surface area contributed by atoms with Gasteiger partial charge in [0.15, 0.2) is 11.5 Å². The number of halogens is 1. The lowest BCUT2D eigenvalue weighted by atomic mass is 9.81. The van der Waals surface area contributed by atoms with Gasteiger partial charge < -0.3 is 24.7 Å². The number of nitrogens with one attached hydrogen (secondary N) is 2. The lowest BCUT2D eigenvalue weighted by molar-refractivity contribution is -0.124. The van der Waals surface area contributed by atoms with E-state index >= 15 is 0 Å². The van der Waals surface area contributed by atoms with E-state index in [4.69, 9.17) is 21.1 Å². The Morgan fingerprint density at radius 2 is 1.76 bits per heavy atom. The van der Waals surface area contributed by atoms with E-state index < -0.39 is 5.79 Å². The van der Waals surface area contributed by atoms with Gasteiger partial charge in [-0.15, -0.1) is 11.8 Å². The van der Waals surface area contributed by atoms with E-state index in [9.17, 15) is 9.59 Å². The number of nitrogens with zero attached hydrogens (tertiary/aromatic N) is 2. The summed E-state index contributed by atoms with van der Waals surface area (Å²) in [5.74, 6) is 1.83. The molecule has 222 valence electrons. The molecule has 10 heteroatoms. The van der Waals surface area contributed by atoms with Gasteiger partial charge in [0.05, 0.1) is 5.02 Å². The molecular weight excluding hydrogens is 560 g/mol. The highest BCUT2D eigenvalue weighted by Crippen LogP contribution is 2.52. The fourth-order valence-electron chi connectivity index (χ4n) is 7.58. The van der Waals surface area contributed by atoms with Gasteiger partial charge in [-0.25, -0.2) is 0 Å². The molecule has 3 aliphatic heterocycles. The highest BCUT2D eigenvalue weighted by molar-refractivity contribution is 7.98. The predicted octanol–water partition coefficient (Wildman–Crippen LogP) is 4.84. The molecule has 2 saturated heterocycles.